The zero-order valence-corrected chi connectivity index (χ0v) is 13.1. The average Bonchev–Trinajstić information content (AvgIpc) is 2.84. The molecule has 1 aromatic carbocycles. The highest BCUT2D eigenvalue weighted by molar-refractivity contribution is 5.92. The maximum atomic E-state index is 12.7. The van der Waals surface area contributed by atoms with Crippen molar-refractivity contribution in [2.24, 2.45) is 0 Å². The van der Waals surface area contributed by atoms with E-state index >= 15 is 0 Å². The molecule has 1 amide bonds. The van der Waals surface area contributed by atoms with Crippen LogP contribution in [-0.4, -0.2) is 37.0 Å². The molecule has 0 spiro atoms. The molecular formula is C17H22N2O2. The quantitative estimate of drug-likeness (QED) is 0.922. The number of carbonyl (C=O) groups is 1. The number of hydrogen-bond donors (Lipinski definition) is 1. The maximum Gasteiger partial charge on any atom is 0.260 e. The number of nitrogens with one attached hydrogen (secondary N) is 1. The number of H-pyrrole nitrogens is 1. The summed E-state index contributed by atoms with van der Waals surface area (Å²) in [5.74, 6) is 0.00854. The molecule has 0 saturated heterocycles. The first kappa shape index (κ1) is 14.1. The summed E-state index contributed by atoms with van der Waals surface area (Å²) in [6, 6.07) is 6.37. The second-order valence-corrected chi connectivity index (χ2v) is 6.11. The lowest BCUT2D eigenvalue weighted by Crippen LogP contribution is -2.47. The number of carbonyl (C=O) groups excluding carboxylic acids is 1. The van der Waals surface area contributed by atoms with Crippen LogP contribution < -0.4 is 0 Å². The fraction of sp³-hybridized carbons (Fsp3) is 0.471. The van der Waals surface area contributed by atoms with Gasteiger partial charge in [-0.25, -0.2) is 0 Å². The topological polar surface area (TPSA) is 45.3 Å². The predicted molar refractivity (Wildman–Crippen MR) is 83.4 cm³/mol. The third-order valence-corrected chi connectivity index (χ3v) is 4.52. The number of likely N-dealkylation sites (N-methyl/N-ethyl adjacent to an activating group) is 1. The molecule has 0 saturated carbocycles. The van der Waals surface area contributed by atoms with E-state index in [1.165, 1.54) is 16.5 Å². The van der Waals surface area contributed by atoms with Crippen molar-refractivity contribution < 1.29 is 9.53 Å². The fourth-order valence-electron chi connectivity index (χ4n) is 3.47. The van der Waals surface area contributed by atoms with Crippen LogP contribution in [0.4, 0.5) is 0 Å². The summed E-state index contributed by atoms with van der Waals surface area (Å²) < 4.78 is 5.77. The first-order valence-corrected chi connectivity index (χ1v) is 7.38. The minimum Gasteiger partial charge on any atom is -0.362 e. The van der Waals surface area contributed by atoms with Crippen LogP contribution in [0.25, 0.3) is 10.9 Å². The van der Waals surface area contributed by atoms with Crippen molar-refractivity contribution >= 4 is 16.8 Å². The van der Waals surface area contributed by atoms with Crippen LogP contribution in [0.5, 0.6) is 0 Å². The van der Waals surface area contributed by atoms with Crippen LogP contribution >= 0.6 is 0 Å². The van der Waals surface area contributed by atoms with Crippen LogP contribution in [0.3, 0.4) is 0 Å². The standard InChI is InChI=1S/C17H22N2O2/c1-11-7-8-14-13(10-11)12-6-5-9-17(21-4,15(12)18-14)16(20)19(2)3/h7-8,10,18H,5-6,9H2,1-4H3. The van der Waals surface area contributed by atoms with Gasteiger partial charge in [0.25, 0.3) is 5.91 Å². The van der Waals surface area contributed by atoms with Crippen molar-refractivity contribution in [1.29, 1.82) is 0 Å². The molecular weight excluding hydrogens is 264 g/mol. The van der Waals surface area contributed by atoms with E-state index in [9.17, 15) is 4.79 Å². The molecule has 4 nitrogen and oxygen atoms in total. The van der Waals surface area contributed by atoms with Gasteiger partial charge in [0.1, 0.15) is 0 Å². The number of aromatic nitrogens is 1. The minimum atomic E-state index is -0.871. The SMILES string of the molecule is COC1(C(=O)N(C)C)CCCc2c1[nH]c1ccc(C)cc21. The van der Waals surface area contributed by atoms with Crippen molar-refractivity contribution in [2.45, 2.75) is 31.8 Å². The molecule has 1 heterocycles. The summed E-state index contributed by atoms with van der Waals surface area (Å²) in [5, 5.41) is 1.22. The third kappa shape index (κ3) is 1.97. The van der Waals surface area contributed by atoms with E-state index in [0.717, 1.165) is 30.5 Å². The van der Waals surface area contributed by atoms with Crippen molar-refractivity contribution in [2.75, 3.05) is 21.2 Å². The van der Waals surface area contributed by atoms with Gasteiger partial charge >= 0.3 is 0 Å². The smallest absolute Gasteiger partial charge is 0.260 e. The zero-order chi connectivity index (χ0) is 15.2. The molecule has 0 fully saturated rings. The lowest BCUT2D eigenvalue weighted by atomic mass is 9.81. The Bertz CT molecular complexity index is 702. The molecule has 0 bridgehead atoms. The van der Waals surface area contributed by atoms with Crippen LogP contribution in [0.2, 0.25) is 0 Å². The van der Waals surface area contributed by atoms with Crippen molar-refractivity contribution in [3.63, 3.8) is 0 Å². The van der Waals surface area contributed by atoms with E-state index in [-0.39, 0.29) is 5.91 Å². The molecule has 2 aromatic rings. The number of rotatable bonds is 2. The zero-order valence-electron chi connectivity index (χ0n) is 13.1. The molecule has 1 N–H and O–H groups in total. The minimum absolute atomic E-state index is 0.00854. The summed E-state index contributed by atoms with van der Waals surface area (Å²) in [7, 11) is 5.20. The van der Waals surface area contributed by atoms with E-state index in [1.807, 2.05) is 0 Å². The lowest BCUT2D eigenvalue weighted by Gasteiger charge is -2.36. The van der Waals surface area contributed by atoms with Crippen molar-refractivity contribution in [3.05, 3.63) is 35.0 Å². The molecule has 1 aliphatic carbocycles. The van der Waals surface area contributed by atoms with Crippen LogP contribution in [0.1, 0.15) is 29.7 Å². The number of aromatic amines is 1. The monoisotopic (exact) mass is 286 g/mol. The van der Waals surface area contributed by atoms with E-state index in [2.05, 4.69) is 30.1 Å². The molecule has 0 radical (unpaired) electrons. The van der Waals surface area contributed by atoms with Gasteiger partial charge in [-0.3, -0.25) is 4.79 Å². The molecule has 0 aliphatic heterocycles. The molecule has 1 unspecified atom stereocenters. The number of nitrogens with zero attached hydrogens (tertiary/aromatic N) is 1. The van der Waals surface area contributed by atoms with E-state index in [4.69, 9.17) is 4.74 Å². The second kappa shape index (κ2) is 4.88. The Balaban J connectivity index is 2.26. The first-order valence-electron chi connectivity index (χ1n) is 7.38. The largest absolute Gasteiger partial charge is 0.362 e. The number of benzene rings is 1. The fourth-order valence-corrected chi connectivity index (χ4v) is 3.47. The number of fused-ring (bicyclic) bond motifs is 3. The van der Waals surface area contributed by atoms with Crippen molar-refractivity contribution in [3.8, 4) is 0 Å². The highest BCUT2D eigenvalue weighted by Crippen LogP contribution is 2.42. The van der Waals surface area contributed by atoms with Gasteiger partial charge in [0.05, 0.1) is 5.69 Å². The van der Waals surface area contributed by atoms with Gasteiger partial charge in [-0.2, -0.15) is 0 Å². The van der Waals surface area contributed by atoms with Crippen LogP contribution in [-0.2, 0) is 21.6 Å². The van der Waals surface area contributed by atoms with Gasteiger partial charge in [0.15, 0.2) is 5.60 Å². The Hall–Kier alpha value is -1.81. The summed E-state index contributed by atoms with van der Waals surface area (Å²) in [5.41, 5.74) is 3.62. The highest BCUT2D eigenvalue weighted by Gasteiger charge is 2.46. The lowest BCUT2D eigenvalue weighted by molar-refractivity contribution is -0.156. The summed E-state index contributed by atoms with van der Waals surface area (Å²) in [6.07, 6.45) is 2.67. The van der Waals surface area contributed by atoms with Gasteiger partial charge in [0.2, 0.25) is 0 Å². The highest BCUT2D eigenvalue weighted by atomic mass is 16.5. The number of ether oxygens (including phenoxy) is 1. The Morgan fingerprint density at radius 3 is 2.81 bits per heavy atom. The van der Waals surface area contributed by atoms with Gasteiger partial charge in [-0.15, -0.1) is 0 Å². The number of aryl methyl sites for hydroxylation is 2. The number of methoxy groups -OCH3 is 1. The molecule has 3 rings (SSSR count). The Morgan fingerprint density at radius 1 is 1.38 bits per heavy atom. The molecule has 112 valence electrons. The summed E-state index contributed by atoms with van der Waals surface area (Å²) in [4.78, 5) is 17.8. The third-order valence-electron chi connectivity index (χ3n) is 4.52. The van der Waals surface area contributed by atoms with Gasteiger partial charge in [0, 0.05) is 32.1 Å². The van der Waals surface area contributed by atoms with Gasteiger partial charge < -0.3 is 14.6 Å². The molecule has 1 aromatic heterocycles. The van der Waals surface area contributed by atoms with E-state index in [0.29, 0.717) is 0 Å². The van der Waals surface area contributed by atoms with Gasteiger partial charge in [-0.05, 0) is 43.9 Å². The molecule has 1 aliphatic rings. The normalized spacial score (nSPS) is 21.3. The van der Waals surface area contributed by atoms with E-state index < -0.39 is 5.60 Å². The number of hydrogen-bond acceptors (Lipinski definition) is 2. The Labute approximate surface area is 125 Å². The second-order valence-electron chi connectivity index (χ2n) is 6.11. The Morgan fingerprint density at radius 2 is 2.14 bits per heavy atom. The van der Waals surface area contributed by atoms with Crippen LogP contribution in [0.15, 0.2) is 18.2 Å². The molecule has 21 heavy (non-hydrogen) atoms. The summed E-state index contributed by atoms with van der Waals surface area (Å²) >= 11 is 0. The van der Waals surface area contributed by atoms with Gasteiger partial charge in [-0.1, -0.05) is 11.6 Å². The Kier molecular flexibility index (Phi) is 3.29. The van der Waals surface area contributed by atoms with Crippen molar-refractivity contribution in [1.82, 2.24) is 9.88 Å². The molecule has 4 heteroatoms. The summed E-state index contributed by atoms with van der Waals surface area (Å²) in [6.45, 7) is 2.09. The van der Waals surface area contributed by atoms with Crippen LogP contribution in [0, 0.1) is 6.92 Å². The first-order chi connectivity index (χ1) is 9.99. The number of amides is 1. The van der Waals surface area contributed by atoms with E-state index in [1.54, 1.807) is 26.1 Å². The predicted octanol–water partition coefficient (Wildman–Crippen LogP) is 2.74. The molecule has 1 atom stereocenters. The maximum absolute atomic E-state index is 12.7. The average molecular weight is 286 g/mol.